The van der Waals surface area contributed by atoms with Crippen molar-refractivity contribution in [3.63, 3.8) is 0 Å². The number of benzene rings is 10. The Balaban J connectivity index is 0.000000166. The van der Waals surface area contributed by atoms with Crippen LogP contribution in [-0.2, 0) is 44.8 Å². The zero-order chi connectivity index (χ0) is 42.0. The minimum atomic E-state index is -1.02. The molecule has 0 N–H and O–H groups in total. The summed E-state index contributed by atoms with van der Waals surface area (Å²) in [6.45, 7) is 5.02. The van der Waals surface area contributed by atoms with Gasteiger partial charge in [-0.15, -0.1) is 23.3 Å². The van der Waals surface area contributed by atoms with Gasteiger partial charge >= 0.3 is 44.8 Å². The molecule has 0 heterocycles. The van der Waals surface area contributed by atoms with Gasteiger partial charge in [0.25, 0.3) is 0 Å². The van der Waals surface area contributed by atoms with Crippen molar-refractivity contribution in [2.45, 2.75) is 18.7 Å². The summed E-state index contributed by atoms with van der Waals surface area (Å²) in [4.78, 5) is 0.154. The maximum atomic E-state index is 7.35. The Hall–Kier alpha value is -5.30. The maximum Gasteiger partial charge on any atom is 1.00 e. The Morgan fingerprint density at radius 3 is 0.841 bits per heavy atom. The van der Waals surface area contributed by atoms with Crippen LogP contribution in [0.15, 0.2) is 231 Å². The Morgan fingerprint density at radius 1 is 0.317 bits per heavy atom. The molecule has 63 heavy (non-hydrogen) atoms. The molecule has 0 spiro atoms. The fourth-order valence-electron chi connectivity index (χ4n) is 8.64. The molecule has 312 valence electrons. The quantitative estimate of drug-likeness (QED) is 0.0512. The molecule has 0 aromatic heterocycles. The van der Waals surface area contributed by atoms with E-state index in [0.29, 0.717) is 0 Å². The van der Waals surface area contributed by atoms with Gasteiger partial charge in [-0.05, 0) is 80.8 Å². The third-order valence-electron chi connectivity index (χ3n) is 11.3. The van der Waals surface area contributed by atoms with Gasteiger partial charge in [0, 0.05) is 13.8 Å². The first-order valence-electron chi connectivity index (χ1n) is 20.6. The van der Waals surface area contributed by atoms with E-state index in [1.165, 1.54) is 42.8 Å². The molecule has 10 rings (SSSR count). The van der Waals surface area contributed by atoms with Crippen LogP contribution in [0.5, 0.6) is 0 Å². The first kappa shape index (κ1) is 47.2. The average Bonchev–Trinajstić information content (AvgIpc) is 3.33. The smallest absolute Gasteiger partial charge is 0.366 e. The van der Waals surface area contributed by atoms with Crippen molar-refractivity contribution in [2.75, 3.05) is 0 Å². The second-order valence-electron chi connectivity index (χ2n) is 15.5. The van der Waals surface area contributed by atoms with E-state index in [9.17, 15) is 0 Å². The topological polar surface area (TPSA) is 0 Å². The van der Waals surface area contributed by atoms with Crippen molar-refractivity contribution in [1.29, 1.82) is 0 Å². The largest absolute Gasteiger partial charge is 1.00 e. The predicted molar refractivity (Wildman–Crippen MR) is 270 cm³/mol. The van der Waals surface area contributed by atoms with Crippen LogP contribution in [0.3, 0.4) is 0 Å². The van der Waals surface area contributed by atoms with Gasteiger partial charge in [-0.3, -0.25) is 11.8 Å². The van der Waals surface area contributed by atoms with Crippen molar-refractivity contribution >= 4 is 80.2 Å². The summed E-state index contributed by atoms with van der Waals surface area (Å²) in [6, 6.07) is 81.6. The second kappa shape index (κ2) is 22.4. The normalized spacial score (nSPS) is 10.7. The first-order valence-corrected chi connectivity index (χ1v) is 23.6. The predicted octanol–water partition coefficient (Wildman–Crippen LogP) is 13.3. The minimum absolute atomic E-state index is 0. The molecule has 0 unspecified atom stereocenters. The third kappa shape index (κ3) is 10.6. The summed E-state index contributed by atoms with van der Waals surface area (Å²) >= 11 is 0. The molecule has 0 aliphatic heterocycles. The monoisotopic (exact) mass is 1030 g/mol. The van der Waals surface area contributed by atoms with E-state index < -0.39 is 15.8 Å². The number of hydrogen-bond donors (Lipinski definition) is 0. The Kier molecular flexibility index (Phi) is 16.7. The summed E-state index contributed by atoms with van der Waals surface area (Å²) in [7, 11) is -2.05. The van der Waals surface area contributed by atoms with Crippen LogP contribution >= 0.6 is 15.8 Å². The van der Waals surface area contributed by atoms with Gasteiger partial charge in [-0.2, -0.15) is 0 Å². The van der Waals surface area contributed by atoms with E-state index in [1.807, 2.05) is 72.8 Å². The van der Waals surface area contributed by atoms with Crippen LogP contribution in [0.1, 0.15) is 25.0 Å². The molecule has 0 amide bonds. The molecule has 0 fully saturated rings. The number of fused-ring (bicyclic) bond motifs is 6. The Bertz CT molecular complexity index is 2840. The van der Waals surface area contributed by atoms with E-state index in [4.69, 9.17) is 12.8 Å². The van der Waals surface area contributed by atoms with Gasteiger partial charge in [-0.25, -0.2) is 0 Å². The Labute approximate surface area is 406 Å². The molecule has 0 saturated carbocycles. The SMILES string of the molecule is CC(C)([PH+](c1ccccc1)c1ccccc1)[PH+](c1ccccc1)c1ccccc1.[Ag+].[Ag+].[C-]#Cc1cc2ccccc2c2ccccc12.[C-]#Cc1cc2ccccc2c2ccccc12. The van der Waals surface area contributed by atoms with Gasteiger partial charge in [0.1, 0.15) is 37.1 Å². The molecule has 0 saturated heterocycles. The Morgan fingerprint density at radius 2 is 0.556 bits per heavy atom. The molecule has 4 heteroatoms. The van der Waals surface area contributed by atoms with Crippen LogP contribution in [0.25, 0.3) is 43.1 Å². The van der Waals surface area contributed by atoms with Crippen LogP contribution in [0, 0.1) is 24.7 Å². The van der Waals surface area contributed by atoms with Gasteiger partial charge in [0.2, 0.25) is 0 Å². The van der Waals surface area contributed by atoms with E-state index in [1.54, 1.807) is 0 Å². The van der Waals surface area contributed by atoms with Gasteiger partial charge in [0.15, 0.2) is 4.90 Å². The van der Waals surface area contributed by atoms with Crippen LogP contribution in [-0.4, -0.2) is 4.90 Å². The van der Waals surface area contributed by atoms with Gasteiger partial charge in [0.05, 0.1) is 0 Å². The van der Waals surface area contributed by atoms with E-state index in [2.05, 4.69) is 183 Å². The summed E-state index contributed by atoms with van der Waals surface area (Å²) in [6.07, 6.45) is 14.7. The number of rotatable bonds is 6. The standard InChI is InChI=1S/C27H26P2.2C16H9.2Ag/c1-27(2,28(23-15-7-3-8-16-23)24-17-9-4-10-18-24)29(25-19-11-5-12-20-25)26-21-13-6-14-22-26;2*1-2-12-11-13-7-3-4-9-15(13)16-10-6-5-8-14(12)16;;/h3-22H,1-2H3;2*3-11H;;/q;2*-1;2*+1/p+2. The molecule has 0 radical (unpaired) electrons. The molecular weight excluding hydrogens is 986 g/mol. The van der Waals surface area contributed by atoms with Crippen molar-refractivity contribution in [1.82, 2.24) is 0 Å². The molecule has 0 atom stereocenters. The fourth-order valence-corrected chi connectivity index (χ4v) is 17.0. The van der Waals surface area contributed by atoms with Gasteiger partial charge < -0.3 is 12.8 Å². The van der Waals surface area contributed by atoms with Crippen LogP contribution in [0.4, 0.5) is 0 Å². The van der Waals surface area contributed by atoms with Crippen molar-refractivity contribution in [2.24, 2.45) is 0 Å². The number of hydrogen-bond acceptors (Lipinski definition) is 0. The molecule has 0 bridgehead atoms. The van der Waals surface area contributed by atoms with Crippen LogP contribution < -0.4 is 21.2 Å². The van der Waals surface area contributed by atoms with Crippen molar-refractivity contribution in [3.05, 3.63) is 254 Å². The summed E-state index contributed by atoms with van der Waals surface area (Å²) < 4.78 is 0. The molecule has 0 nitrogen and oxygen atoms in total. The van der Waals surface area contributed by atoms with E-state index in [-0.39, 0.29) is 49.7 Å². The van der Waals surface area contributed by atoms with E-state index >= 15 is 0 Å². The molecule has 0 aliphatic carbocycles. The third-order valence-corrected chi connectivity index (χ3v) is 18.9. The zero-order valence-corrected chi connectivity index (χ0v) is 40.0. The van der Waals surface area contributed by atoms with Crippen LogP contribution in [0.2, 0.25) is 0 Å². The van der Waals surface area contributed by atoms with Crippen molar-refractivity contribution < 1.29 is 44.8 Å². The maximum absolute atomic E-state index is 7.35. The molecular formula is C59H46Ag2P2+2. The molecule has 10 aromatic rings. The average molecular weight is 1030 g/mol. The summed E-state index contributed by atoms with van der Waals surface area (Å²) in [5, 5.41) is 15.3. The second-order valence-corrected chi connectivity index (χ2v) is 22.3. The van der Waals surface area contributed by atoms with E-state index in [0.717, 1.165) is 32.7 Å². The molecule has 0 aliphatic rings. The minimum Gasteiger partial charge on any atom is -0.366 e. The summed E-state index contributed by atoms with van der Waals surface area (Å²) in [5.41, 5.74) is 1.71. The zero-order valence-electron chi connectivity index (χ0n) is 35.0. The fraction of sp³-hybridized carbons (Fsp3) is 0.0508. The molecule has 10 aromatic carbocycles. The van der Waals surface area contributed by atoms with Crippen molar-refractivity contribution in [3.8, 4) is 11.8 Å². The first-order chi connectivity index (χ1) is 30.0. The van der Waals surface area contributed by atoms with Gasteiger partial charge in [-0.1, -0.05) is 181 Å². The summed E-state index contributed by atoms with van der Waals surface area (Å²) in [5.74, 6) is 5.02.